The fraction of sp³-hybridized carbons (Fsp3) is 0.312. The molecular formula is C16H18N2OS. The molecule has 1 atom stereocenters. The summed E-state index contributed by atoms with van der Waals surface area (Å²) in [6.07, 6.45) is 1.40. The lowest BCUT2D eigenvalue weighted by Gasteiger charge is -2.19. The highest BCUT2D eigenvalue weighted by atomic mass is 32.1. The van der Waals surface area contributed by atoms with Crippen molar-refractivity contribution < 1.29 is 4.79 Å². The Morgan fingerprint density at radius 3 is 2.85 bits per heavy atom. The van der Waals surface area contributed by atoms with Gasteiger partial charge in [0, 0.05) is 27.5 Å². The molecule has 3 rings (SSSR count). The van der Waals surface area contributed by atoms with Crippen molar-refractivity contribution in [3.8, 4) is 0 Å². The molecule has 0 spiro atoms. The number of hydrogen-bond acceptors (Lipinski definition) is 3. The number of fused-ring (bicyclic) bond motifs is 1. The Kier molecular flexibility index (Phi) is 3.49. The maximum atomic E-state index is 11.4. The van der Waals surface area contributed by atoms with E-state index in [0.717, 1.165) is 17.8 Å². The second-order valence-electron chi connectivity index (χ2n) is 5.23. The number of anilines is 2. The summed E-state index contributed by atoms with van der Waals surface area (Å²) < 4.78 is 0. The Balaban J connectivity index is 1.76. The summed E-state index contributed by atoms with van der Waals surface area (Å²) in [5.74, 6) is 0.112. The highest BCUT2D eigenvalue weighted by molar-refractivity contribution is 7.12. The highest BCUT2D eigenvalue weighted by Crippen LogP contribution is 2.29. The molecule has 2 heterocycles. The van der Waals surface area contributed by atoms with Crippen LogP contribution in [-0.2, 0) is 11.2 Å². The third-order valence-corrected chi connectivity index (χ3v) is 4.76. The first-order valence-electron chi connectivity index (χ1n) is 6.87. The van der Waals surface area contributed by atoms with Crippen LogP contribution < -0.4 is 10.6 Å². The average molecular weight is 286 g/mol. The third-order valence-electron chi connectivity index (χ3n) is 3.57. The van der Waals surface area contributed by atoms with Crippen molar-refractivity contribution in [1.82, 2.24) is 0 Å². The summed E-state index contributed by atoms with van der Waals surface area (Å²) in [4.78, 5) is 14.0. The quantitative estimate of drug-likeness (QED) is 0.891. The lowest BCUT2D eigenvalue weighted by molar-refractivity contribution is -0.116. The monoisotopic (exact) mass is 286 g/mol. The van der Waals surface area contributed by atoms with E-state index in [2.05, 4.69) is 42.7 Å². The van der Waals surface area contributed by atoms with E-state index in [1.807, 2.05) is 23.5 Å². The van der Waals surface area contributed by atoms with Crippen LogP contribution in [0.1, 0.15) is 34.7 Å². The molecule has 0 saturated heterocycles. The van der Waals surface area contributed by atoms with Crippen LogP contribution in [0.3, 0.4) is 0 Å². The first kappa shape index (κ1) is 13.2. The molecular weight excluding hydrogens is 268 g/mol. The molecule has 3 nitrogen and oxygen atoms in total. The zero-order chi connectivity index (χ0) is 14.1. The first-order valence-corrected chi connectivity index (χ1v) is 7.69. The Bertz CT molecular complexity index is 648. The Morgan fingerprint density at radius 1 is 1.25 bits per heavy atom. The molecule has 1 aromatic carbocycles. The van der Waals surface area contributed by atoms with Crippen LogP contribution in [0.25, 0.3) is 0 Å². The van der Waals surface area contributed by atoms with Gasteiger partial charge in [-0.2, -0.15) is 0 Å². The highest BCUT2D eigenvalue weighted by Gasteiger charge is 2.15. The summed E-state index contributed by atoms with van der Waals surface area (Å²) >= 11 is 1.82. The smallest absolute Gasteiger partial charge is 0.224 e. The fourth-order valence-corrected chi connectivity index (χ4v) is 3.36. The Morgan fingerprint density at radius 2 is 2.10 bits per heavy atom. The van der Waals surface area contributed by atoms with E-state index in [1.165, 1.54) is 15.3 Å². The van der Waals surface area contributed by atoms with Crippen molar-refractivity contribution in [1.29, 1.82) is 0 Å². The van der Waals surface area contributed by atoms with Crippen LogP contribution in [0, 0.1) is 6.92 Å². The molecule has 1 aliphatic heterocycles. The second-order valence-corrected chi connectivity index (χ2v) is 6.55. The molecule has 20 heavy (non-hydrogen) atoms. The number of carbonyl (C=O) groups is 1. The van der Waals surface area contributed by atoms with E-state index >= 15 is 0 Å². The van der Waals surface area contributed by atoms with Crippen molar-refractivity contribution in [3.05, 3.63) is 45.6 Å². The maximum Gasteiger partial charge on any atom is 0.224 e. The Labute approximate surface area is 123 Å². The zero-order valence-corrected chi connectivity index (χ0v) is 12.5. The minimum Gasteiger partial charge on any atom is -0.378 e. The summed E-state index contributed by atoms with van der Waals surface area (Å²) in [5, 5.41) is 6.44. The summed E-state index contributed by atoms with van der Waals surface area (Å²) in [6, 6.07) is 10.8. The standard InChI is InChI=1S/C16H18N2OS/c1-10-3-7-15(20-10)11(2)17-13-5-6-14-12(9-13)4-8-16(19)18-14/h3,5-7,9,11,17H,4,8H2,1-2H3,(H,18,19). The maximum absolute atomic E-state index is 11.4. The van der Waals surface area contributed by atoms with E-state index < -0.39 is 0 Å². The van der Waals surface area contributed by atoms with E-state index in [-0.39, 0.29) is 5.91 Å². The normalized spacial score (nSPS) is 15.4. The van der Waals surface area contributed by atoms with Crippen molar-refractivity contribution in [2.75, 3.05) is 10.6 Å². The fourth-order valence-electron chi connectivity index (χ4n) is 2.48. The van der Waals surface area contributed by atoms with E-state index in [4.69, 9.17) is 0 Å². The summed E-state index contributed by atoms with van der Waals surface area (Å²) in [5.41, 5.74) is 3.27. The third kappa shape index (κ3) is 2.70. The molecule has 104 valence electrons. The van der Waals surface area contributed by atoms with Gasteiger partial charge in [0.15, 0.2) is 0 Å². The average Bonchev–Trinajstić information content (AvgIpc) is 2.86. The number of benzene rings is 1. The van der Waals surface area contributed by atoms with Gasteiger partial charge in [-0.25, -0.2) is 0 Å². The van der Waals surface area contributed by atoms with Crippen molar-refractivity contribution in [2.24, 2.45) is 0 Å². The number of amides is 1. The predicted octanol–water partition coefficient (Wildman–Crippen LogP) is 4.11. The van der Waals surface area contributed by atoms with Gasteiger partial charge in [0.25, 0.3) is 0 Å². The molecule has 2 aromatic rings. The molecule has 0 bridgehead atoms. The van der Waals surface area contributed by atoms with Gasteiger partial charge in [-0.1, -0.05) is 0 Å². The van der Waals surface area contributed by atoms with Crippen LogP contribution in [-0.4, -0.2) is 5.91 Å². The van der Waals surface area contributed by atoms with Crippen molar-refractivity contribution in [2.45, 2.75) is 32.7 Å². The van der Waals surface area contributed by atoms with Gasteiger partial charge in [0.05, 0.1) is 6.04 Å². The molecule has 0 aliphatic carbocycles. The number of thiophene rings is 1. The molecule has 2 N–H and O–H groups in total. The molecule has 1 unspecified atom stereocenters. The number of nitrogens with one attached hydrogen (secondary N) is 2. The van der Waals surface area contributed by atoms with Gasteiger partial charge in [-0.05, 0) is 56.2 Å². The largest absolute Gasteiger partial charge is 0.378 e. The minimum atomic E-state index is 0.112. The van der Waals surface area contributed by atoms with Gasteiger partial charge in [0.1, 0.15) is 0 Å². The second kappa shape index (κ2) is 5.29. The van der Waals surface area contributed by atoms with E-state index in [0.29, 0.717) is 12.5 Å². The van der Waals surface area contributed by atoms with Crippen LogP contribution in [0.5, 0.6) is 0 Å². The molecule has 0 fully saturated rings. The van der Waals surface area contributed by atoms with Crippen molar-refractivity contribution >= 4 is 28.6 Å². The van der Waals surface area contributed by atoms with Crippen LogP contribution in [0.4, 0.5) is 11.4 Å². The molecule has 4 heteroatoms. The molecule has 1 aromatic heterocycles. The van der Waals surface area contributed by atoms with Gasteiger partial charge >= 0.3 is 0 Å². The summed E-state index contributed by atoms with van der Waals surface area (Å²) in [6.45, 7) is 4.30. The molecule has 1 aliphatic rings. The van der Waals surface area contributed by atoms with Crippen LogP contribution in [0.15, 0.2) is 30.3 Å². The molecule has 1 amide bonds. The van der Waals surface area contributed by atoms with E-state index in [9.17, 15) is 4.79 Å². The number of hydrogen-bond donors (Lipinski definition) is 2. The van der Waals surface area contributed by atoms with Gasteiger partial charge < -0.3 is 10.6 Å². The lowest BCUT2D eigenvalue weighted by atomic mass is 10.0. The van der Waals surface area contributed by atoms with Crippen LogP contribution in [0.2, 0.25) is 0 Å². The Hall–Kier alpha value is -1.81. The predicted molar refractivity (Wildman–Crippen MR) is 84.5 cm³/mol. The molecule has 0 radical (unpaired) electrons. The lowest BCUT2D eigenvalue weighted by Crippen LogP contribution is -2.19. The number of rotatable bonds is 3. The summed E-state index contributed by atoms with van der Waals surface area (Å²) in [7, 11) is 0. The van der Waals surface area contributed by atoms with Crippen molar-refractivity contribution in [3.63, 3.8) is 0 Å². The number of carbonyl (C=O) groups excluding carboxylic acids is 1. The van der Waals surface area contributed by atoms with Gasteiger partial charge in [0.2, 0.25) is 5.91 Å². The number of aryl methyl sites for hydroxylation is 2. The van der Waals surface area contributed by atoms with Gasteiger partial charge in [-0.3, -0.25) is 4.79 Å². The van der Waals surface area contributed by atoms with Crippen LogP contribution >= 0.6 is 11.3 Å². The van der Waals surface area contributed by atoms with E-state index in [1.54, 1.807) is 0 Å². The SMILES string of the molecule is Cc1ccc(C(C)Nc2ccc3c(c2)CCC(=O)N3)s1. The zero-order valence-electron chi connectivity index (χ0n) is 11.7. The topological polar surface area (TPSA) is 41.1 Å². The first-order chi connectivity index (χ1) is 9.61. The minimum absolute atomic E-state index is 0.112. The van der Waals surface area contributed by atoms with Gasteiger partial charge in [-0.15, -0.1) is 11.3 Å². The molecule has 0 saturated carbocycles.